The number of halogens is 1. The van der Waals surface area contributed by atoms with E-state index in [1.165, 1.54) is 29.2 Å². The molecule has 1 heterocycles. The third kappa shape index (κ3) is 4.57. The highest BCUT2D eigenvalue weighted by atomic mass is 19.1. The first-order valence-electron chi connectivity index (χ1n) is 11.1. The van der Waals surface area contributed by atoms with E-state index >= 15 is 0 Å². The number of ether oxygens (including phenoxy) is 1. The first-order valence-corrected chi connectivity index (χ1v) is 11.1. The zero-order valence-corrected chi connectivity index (χ0v) is 19.3. The molecule has 5 nitrogen and oxygen atoms in total. The second-order valence-electron chi connectivity index (χ2n) is 8.79. The lowest BCUT2D eigenvalue weighted by Crippen LogP contribution is -2.29. The van der Waals surface area contributed by atoms with Crippen LogP contribution in [0.25, 0.3) is 5.76 Å². The Bertz CT molecular complexity index is 1250. The third-order valence-electron chi connectivity index (χ3n) is 5.62. The number of nitrogens with zero attached hydrogens (tertiary/aromatic N) is 1. The van der Waals surface area contributed by atoms with Gasteiger partial charge in [-0.2, -0.15) is 0 Å². The van der Waals surface area contributed by atoms with Gasteiger partial charge >= 0.3 is 0 Å². The summed E-state index contributed by atoms with van der Waals surface area (Å²) in [7, 11) is 0. The Balaban J connectivity index is 1.84. The van der Waals surface area contributed by atoms with Crippen molar-refractivity contribution in [2.75, 3.05) is 11.5 Å². The van der Waals surface area contributed by atoms with Crippen LogP contribution in [0.5, 0.6) is 5.75 Å². The average Bonchev–Trinajstić information content (AvgIpc) is 3.08. The number of hydrogen-bond acceptors (Lipinski definition) is 4. The summed E-state index contributed by atoms with van der Waals surface area (Å²) >= 11 is 0. The number of aliphatic hydroxyl groups excluding tert-OH is 1. The van der Waals surface area contributed by atoms with E-state index in [-0.39, 0.29) is 16.9 Å². The number of benzene rings is 3. The maximum absolute atomic E-state index is 13.4. The summed E-state index contributed by atoms with van der Waals surface area (Å²) < 4.78 is 19.2. The molecule has 34 heavy (non-hydrogen) atoms. The normalized spacial score (nSPS) is 17.4. The smallest absolute Gasteiger partial charge is 0.300 e. The van der Waals surface area contributed by atoms with Crippen LogP contribution in [0.15, 0.2) is 78.4 Å². The van der Waals surface area contributed by atoms with Crippen LogP contribution in [0.4, 0.5) is 10.1 Å². The van der Waals surface area contributed by atoms with Gasteiger partial charge in [0.2, 0.25) is 0 Å². The first kappa shape index (κ1) is 23.2. The molecule has 0 aromatic heterocycles. The lowest BCUT2D eigenvalue weighted by atomic mass is 9.95. The summed E-state index contributed by atoms with van der Waals surface area (Å²) in [6.45, 7) is 6.57. The zero-order valence-electron chi connectivity index (χ0n) is 19.3. The van der Waals surface area contributed by atoms with Crippen LogP contribution in [0.2, 0.25) is 0 Å². The summed E-state index contributed by atoms with van der Waals surface area (Å²) in [6, 6.07) is 18.7. The average molecular weight is 460 g/mol. The van der Waals surface area contributed by atoms with Crippen LogP contribution < -0.4 is 9.64 Å². The highest BCUT2D eigenvalue weighted by molar-refractivity contribution is 6.51. The lowest BCUT2D eigenvalue weighted by molar-refractivity contribution is -0.132. The van der Waals surface area contributed by atoms with E-state index in [1.54, 1.807) is 30.3 Å². The summed E-state index contributed by atoms with van der Waals surface area (Å²) in [5.74, 6) is -1.32. The molecule has 0 bridgehead atoms. The van der Waals surface area contributed by atoms with Crippen molar-refractivity contribution < 1.29 is 23.8 Å². The molecule has 4 rings (SSSR count). The van der Waals surface area contributed by atoms with Crippen molar-refractivity contribution in [2.45, 2.75) is 26.8 Å². The molecule has 1 saturated heterocycles. The van der Waals surface area contributed by atoms with Crippen LogP contribution in [0.3, 0.4) is 0 Å². The van der Waals surface area contributed by atoms with Gasteiger partial charge in [0.1, 0.15) is 17.3 Å². The van der Waals surface area contributed by atoms with Gasteiger partial charge in [0.25, 0.3) is 11.7 Å². The van der Waals surface area contributed by atoms with E-state index in [4.69, 9.17) is 4.74 Å². The van der Waals surface area contributed by atoms with Crippen molar-refractivity contribution in [2.24, 2.45) is 5.92 Å². The Morgan fingerprint density at radius 2 is 1.71 bits per heavy atom. The molecule has 1 aliphatic heterocycles. The van der Waals surface area contributed by atoms with Gasteiger partial charge < -0.3 is 9.84 Å². The number of amides is 1. The maximum atomic E-state index is 13.4. The highest BCUT2D eigenvalue weighted by Gasteiger charge is 2.47. The van der Waals surface area contributed by atoms with Gasteiger partial charge in [0.05, 0.1) is 18.2 Å². The van der Waals surface area contributed by atoms with E-state index in [9.17, 15) is 19.1 Å². The molecular weight excluding hydrogens is 433 g/mol. The van der Waals surface area contributed by atoms with E-state index in [0.717, 1.165) is 5.56 Å². The van der Waals surface area contributed by atoms with Gasteiger partial charge in [0, 0.05) is 11.3 Å². The lowest BCUT2D eigenvalue weighted by Gasteiger charge is -2.26. The summed E-state index contributed by atoms with van der Waals surface area (Å²) in [5.41, 5.74) is 2.32. The Labute approximate surface area is 198 Å². The number of rotatable bonds is 6. The fraction of sp³-hybridized carbons (Fsp3) is 0.214. The minimum atomic E-state index is -0.856. The van der Waals surface area contributed by atoms with E-state index in [2.05, 4.69) is 13.8 Å². The fourth-order valence-corrected chi connectivity index (χ4v) is 3.96. The van der Waals surface area contributed by atoms with E-state index < -0.39 is 23.5 Å². The van der Waals surface area contributed by atoms with Crippen LogP contribution in [-0.4, -0.2) is 23.4 Å². The molecule has 1 fully saturated rings. The van der Waals surface area contributed by atoms with Crippen LogP contribution in [0, 0.1) is 18.7 Å². The molecule has 3 aromatic carbocycles. The number of carbonyl (C=O) groups excluding carboxylic acids is 2. The number of hydrogen-bond donors (Lipinski definition) is 1. The second kappa shape index (κ2) is 9.51. The molecule has 1 atom stereocenters. The quantitative estimate of drug-likeness (QED) is 0.288. The van der Waals surface area contributed by atoms with Crippen molar-refractivity contribution in [1.29, 1.82) is 0 Å². The summed E-state index contributed by atoms with van der Waals surface area (Å²) in [4.78, 5) is 27.8. The molecule has 1 N–H and O–H groups in total. The van der Waals surface area contributed by atoms with Crippen LogP contribution >= 0.6 is 0 Å². The highest BCUT2D eigenvalue weighted by Crippen LogP contribution is 2.42. The second-order valence-corrected chi connectivity index (χ2v) is 8.79. The van der Waals surface area contributed by atoms with Gasteiger partial charge in [-0.05, 0) is 72.5 Å². The Hall–Kier alpha value is -3.93. The van der Waals surface area contributed by atoms with E-state index in [1.807, 2.05) is 25.1 Å². The minimum Gasteiger partial charge on any atom is -0.507 e. The predicted octanol–water partition coefficient (Wildman–Crippen LogP) is 5.80. The van der Waals surface area contributed by atoms with Gasteiger partial charge in [-0.1, -0.05) is 38.1 Å². The van der Waals surface area contributed by atoms with Crippen molar-refractivity contribution in [1.82, 2.24) is 0 Å². The number of aryl methyl sites for hydroxylation is 1. The van der Waals surface area contributed by atoms with Crippen LogP contribution in [0.1, 0.15) is 36.6 Å². The Morgan fingerprint density at radius 3 is 2.32 bits per heavy atom. The minimum absolute atomic E-state index is 0.0473. The SMILES string of the molecule is Cc1cccc(N2C(=O)C(=O)/C(=C(/O)c3ccc(F)cc3)C2c2ccc(OCC(C)C)cc2)c1. The maximum Gasteiger partial charge on any atom is 0.300 e. The molecule has 0 spiro atoms. The molecule has 0 aliphatic carbocycles. The zero-order chi connectivity index (χ0) is 24.4. The molecule has 6 heteroatoms. The van der Waals surface area contributed by atoms with E-state index in [0.29, 0.717) is 29.5 Å². The molecule has 174 valence electrons. The molecule has 1 aliphatic rings. The molecule has 3 aromatic rings. The fourth-order valence-electron chi connectivity index (χ4n) is 3.96. The number of anilines is 1. The van der Waals surface area contributed by atoms with Crippen LogP contribution in [-0.2, 0) is 9.59 Å². The van der Waals surface area contributed by atoms with Gasteiger partial charge in [-0.25, -0.2) is 4.39 Å². The number of Topliss-reactive ketones (excluding diaryl/α,β-unsaturated/α-hetero) is 1. The van der Waals surface area contributed by atoms with Crippen molar-refractivity contribution in [3.63, 3.8) is 0 Å². The first-order chi connectivity index (χ1) is 16.3. The molecular formula is C28H26FNO4. The number of carbonyl (C=O) groups is 2. The largest absolute Gasteiger partial charge is 0.507 e. The predicted molar refractivity (Wildman–Crippen MR) is 129 cm³/mol. The molecule has 0 saturated carbocycles. The molecule has 1 amide bonds. The van der Waals surface area contributed by atoms with Gasteiger partial charge in [-0.15, -0.1) is 0 Å². The van der Waals surface area contributed by atoms with Crippen molar-refractivity contribution in [3.8, 4) is 5.75 Å². The molecule has 0 radical (unpaired) electrons. The molecule has 1 unspecified atom stereocenters. The number of aliphatic hydroxyl groups is 1. The van der Waals surface area contributed by atoms with Crippen molar-refractivity contribution >= 4 is 23.1 Å². The van der Waals surface area contributed by atoms with Gasteiger partial charge in [-0.3, -0.25) is 14.5 Å². The van der Waals surface area contributed by atoms with Gasteiger partial charge in [0.15, 0.2) is 0 Å². The topological polar surface area (TPSA) is 66.8 Å². The number of ketones is 1. The summed E-state index contributed by atoms with van der Waals surface area (Å²) in [6.07, 6.45) is 0. The monoisotopic (exact) mass is 459 g/mol. The third-order valence-corrected chi connectivity index (χ3v) is 5.62. The summed E-state index contributed by atoms with van der Waals surface area (Å²) in [5, 5.41) is 11.1. The standard InChI is InChI=1S/C28H26FNO4/c1-17(2)16-34-23-13-9-19(10-14-23)25-24(26(31)20-7-11-21(29)12-8-20)27(32)28(33)30(25)22-6-4-5-18(3)15-22/h4-15,17,25,31H,16H2,1-3H3/b26-24+. The Kier molecular flexibility index (Phi) is 6.50. The van der Waals surface area contributed by atoms with Crippen molar-refractivity contribution in [3.05, 3.63) is 101 Å². The Morgan fingerprint density at radius 1 is 1.03 bits per heavy atom.